The van der Waals surface area contributed by atoms with E-state index in [0.29, 0.717) is 19.3 Å². The third kappa shape index (κ3) is 62.0. The second-order valence-electron chi connectivity index (χ2n) is 22.4. The van der Waals surface area contributed by atoms with E-state index >= 15 is 0 Å². The number of ether oxygens (including phenoxy) is 3. The molecular formula is C70H126O6. The molecule has 1 unspecified atom stereocenters. The molecule has 0 rings (SSSR count). The fourth-order valence-corrected chi connectivity index (χ4v) is 9.72. The summed E-state index contributed by atoms with van der Waals surface area (Å²) in [5.41, 5.74) is 0. The highest BCUT2D eigenvalue weighted by Gasteiger charge is 2.19. The summed E-state index contributed by atoms with van der Waals surface area (Å²) in [6.07, 6.45) is 82.2. The lowest BCUT2D eigenvalue weighted by atomic mass is 10.0. The molecular weight excluding hydrogens is 937 g/mol. The summed E-state index contributed by atoms with van der Waals surface area (Å²) in [5.74, 6) is -0.873. The second-order valence-corrected chi connectivity index (χ2v) is 22.4. The number of esters is 3. The molecule has 0 bridgehead atoms. The smallest absolute Gasteiger partial charge is 0.306 e. The Labute approximate surface area is 472 Å². The van der Waals surface area contributed by atoms with E-state index in [1.54, 1.807) is 0 Å². The fourth-order valence-electron chi connectivity index (χ4n) is 9.72. The van der Waals surface area contributed by atoms with Crippen molar-refractivity contribution in [3.63, 3.8) is 0 Å². The van der Waals surface area contributed by atoms with Gasteiger partial charge in [0, 0.05) is 19.3 Å². The van der Waals surface area contributed by atoms with Gasteiger partial charge in [-0.1, -0.05) is 300 Å². The van der Waals surface area contributed by atoms with Crippen LogP contribution in [0.4, 0.5) is 0 Å². The predicted molar refractivity (Wildman–Crippen MR) is 330 cm³/mol. The van der Waals surface area contributed by atoms with Crippen molar-refractivity contribution in [3.05, 3.63) is 60.8 Å². The van der Waals surface area contributed by atoms with Gasteiger partial charge >= 0.3 is 17.9 Å². The molecule has 0 amide bonds. The van der Waals surface area contributed by atoms with Gasteiger partial charge in [0.15, 0.2) is 6.10 Å². The third-order valence-electron chi connectivity index (χ3n) is 14.7. The largest absolute Gasteiger partial charge is 0.462 e. The summed E-state index contributed by atoms with van der Waals surface area (Å²) in [6.45, 7) is 6.63. The van der Waals surface area contributed by atoms with Crippen LogP contribution in [0.5, 0.6) is 0 Å². The minimum absolute atomic E-state index is 0.0775. The molecule has 6 heteroatoms. The van der Waals surface area contributed by atoms with Crippen molar-refractivity contribution in [3.8, 4) is 0 Å². The van der Waals surface area contributed by atoms with Gasteiger partial charge in [0.25, 0.3) is 0 Å². The number of unbranched alkanes of at least 4 members (excludes halogenated alkanes) is 40. The standard InChI is InChI=1S/C70H126O6/c1-4-7-10-13-16-19-22-25-28-31-34-37-39-42-45-48-51-54-57-60-63-69(72)75-66-67(76-70(73)64-61-58-55-52-49-46-43-40-36-33-30-27-24-21-18-15-12-9-6-3)65-74-68(71)62-59-56-53-50-47-44-41-38-35-32-29-26-23-20-17-14-11-8-5-2/h17-18,20-21,26-27,29-30,36,40,67H,4-16,19,22-25,28,31-35,37-39,41-66H2,1-3H3/b20-17-,21-18-,29-26-,30-27-,40-36-. The maximum absolute atomic E-state index is 12.9. The zero-order chi connectivity index (χ0) is 55.0. The van der Waals surface area contributed by atoms with Gasteiger partial charge < -0.3 is 14.2 Å². The maximum atomic E-state index is 12.9. The number of hydrogen-bond donors (Lipinski definition) is 0. The molecule has 0 aromatic heterocycles. The molecule has 0 saturated heterocycles. The van der Waals surface area contributed by atoms with Gasteiger partial charge in [0.2, 0.25) is 0 Å². The molecule has 0 spiro atoms. The molecule has 0 saturated carbocycles. The summed E-state index contributed by atoms with van der Waals surface area (Å²) < 4.78 is 17.0. The van der Waals surface area contributed by atoms with E-state index in [0.717, 1.165) is 89.9 Å². The molecule has 442 valence electrons. The van der Waals surface area contributed by atoms with Crippen molar-refractivity contribution in [2.24, 2.45) is 0 Å². The van der Waals surface area contributed by atoms with E-state index < -0.39 is 6.10 Å². The van der Waals surface area contributed by atoms with Crippen LogP contribution < -0.4 is 0 Å². The third-order valence-corrected chi connectivity index (χ3v) is 14.7. The van der Waals surface area contributed by atoms with Crippen LogP contribution in [-0.4, -0.2) is 37.2 Å². The average Bonchev–Trinajstić information content (AvgIpc) is 3.42. The van der Waals surface area contributed by atoms with Gasteiger partial charge in [-0.15, -0.1) is 0 Å². The molecule has 0 aliphatic heterocycles. The van der Waals surface area contributed by atoms with Crippen LogP contribution in [0.15, 0.2) is 60.8 Å². The summed E-state index contributed by atoms with van der Waals surface area (Å²) in [7, 11) is 0. The average molecular weight is 1060 g/mol. The number of carbonyl (C=O) groups excluding carboxylic acids is 3. The molecule has 0 N–H and O–H groups in total. The molecule has 0 aliphatic carbocycles. The second kappa shape index (κ2) is 64.6. The topological polar surface area (TPSA) is 78.9 Å². The first-order valence-electron chi connectivity index (χ1n) is 33.3. The molecule has 0 radical (unpaired) electrons. The lowest BCUT2D eigenvalue weighted by molar-refractivity contribution is -0.167. The molecule has 1 atom stereocenters. The van der Waals surface area contributed by atoms with Gasteiger partial charge in [0.1, 0.15) is 13.2 Å². The first-order chi connectivity index (χ1) is 37.5. The highest BCUT2D eigenvalue weighted by Crippen LogP contribution is 2.17. The minimum Gasteiger partial charge on any atom is -0.462 e. The Morgan fingerprint density at radius 2 is 0.474 bits per heavy atom. The van der Waals surface area contributed by atoms with Crippen molar-refractivity contribution in [2.75, 3.05) is 13.2 Å². The van der Waals surface area contributed by atoms with E-state index in [4.69, 9.17) is 14.2 Å². The van der Waals surface area contributed by atoms with E-state index in [1.165, 1.54) is 218 Å². The van der Waals surface area contributed by atoms with Crippen molar-refractivity contribution in [2.45, 2.75) is 354 Å². The molecule has 0 aromatic carbocycles. The molecule has 0 aromatic rings. The summed E-state index contributed by atoms with van der Waals surface area (Å²) in [5, 5.41) is 0. The normalized spacial score (nSPS) is 12.4. The zero-order valence-electron chi connectivity index (χ0n) is 50.8. The maximum Gasteiger partial charge on any atom is 0.306 e. The predicted octanol–water partition coefficient (Wildman–Crippen LogP) is 22.7. The SMILES string of the molecule is CCCCC/C=C\C/C=C\C/C=C\CCCCCCCCC(=O)OC(COC(=O)CCCCCCCCCCC/C=C\C/C=C\CCCCC)COC(=O)CCCCCCCCCCCCCCCCCCCCCC. The lowest BCUT2D eigenvalue weighted by Gasteiger charge is -2.18. The number of hydrogen-bond acceptors (Lipinski definition) is 6. The first-order valence-corrected chi connectivity index (χ1v) is 33.3. The van der Waals surface area contributed by atoms with Gasteiger partial charge in [-0.3, -0.25) is 14.4 Å². The molecule has 0 aliphatic rings. The van der Waals surface area contributed by atoms with Gasteiger partial charge in [-0.2, -0.15) is 0 Å². The minimum atomic E-state index is -0.783. The Morgan fingerprint density at radius 1 is 0.263 bits per heavy atom. The Hall–Kier alpha value is -2.89. The van der Waals surface area contributed by atoms with Gasteiger partial charge in [-0.05, 0) is 89.9 Å². The Balaban J connectivity index is 4.37. The van der Waals surface area contributed by atoms with Crippen molar-refractivity contribution in [1.29, 1.82) is 0 Å². The van der Waals surface area contributed by atoms with Crippen molar-refractivity contribution in [1.82, 2.24) is 0 Å². The van der Waals surface area contributed by atoms with Crippen LogP contribution in [0, 0.1) is 0 Å². The number of rotatable bonds is 61. The summed E-state index contributed by atoms with van der Waals surface area (Å²) in [4.78, 5) is 38.4. The monoisotopic (exact) mass is 1060 g/mol. The van der Waals surface area contributed by atoms with E-state index in [1.807, 2.05) is 0 Å². The fraction of sp³-hybridized carbons (Fsp3) is 0.814. The quantitative estimate of drug-likeness (QED) is 0.0261. The van der Waals surface area contributed by atoms with Gasteiger partial charge in [0.05, 0.1) is 0 Å². The Kier molecular flexibility index (Phi) is 62.2. The number of carbonyl (C=O) groups is 3. The van der Waals surface area contributed by atoms with Crippen LogP contribution in [-0.2, 0) is 28.6 Å². The van der Waals surface area contributed by atoms with Crippen LogP contribution >= 0.6 is 0 Å². The zero-order valence-corrected chi connectivity index (χ0v) is 50.8. The van der Waals surface area contributed by atoms with Gasteiger partial charge in [-0.25, -0.2) is 0 Å². The molecule has 0 heterocycles. The highest BCUT2D eigenvalue weighted by atomic mass is 16.6. The van der Waals surface area contributed by atoms with Crippen LogP contribution in [0.3, 0.4) is 0 Å². The Bertz CT molecular complexity index is 1360. The molecule has 76 heavy (non-hydrogen) atoms. The van der Waals surface area contributed by atoms with Crippen LogP contribution in [0.2, 0.25) is 0 Å². The van der Waals surface area contributed by atoms with Crippen LogP contribution in [0.1, 0.15) is 348 Å². The lowest BCUT2D eigenvalue weighted by Crippen LogP contribution is -2.30. The van der Waals surface area contributed by atoms with E-state index in [2.05, 4.69) is 81.5 Å². The summed E-state index contributed by atoms with van der Waals surface area (Å²) >= 11 is 0. The molecule has 0 fully saturated rings. The highest BCUT2D eigenvalue weighted by molar-refractivity contribution is 5.71. The van der Waals surface area contributed by atoms with Crippen LogP contribution in [0.25, 0.3) is 0 Å². The van der Waals surface area contributed by atoms with E-state index in [-0.39, 0.29) is 31.1 Å². The first kappa shape index (κ1) is 73.1. The Morgan fingerprint density at radius 3 is 0.763 bits per heavy atom. The van der Waals surface area contributed by atoms with Crippen molar-refractivity contribution >= 4 is 17.9 Å². The number of allylic oxidation sites excluding steroid dienone is 10. The van der Waals surface area contributed by atoms with Crippen molar-refractivity contribution < 1.29 is 28.6 Å². The summed E-state index contributed by atoms with van der Waals surface area (Å²) in [6, 6.07) is 0. The molecule has 6 nitrogen and oxygen atoms in total. The van der Waals surface area contributed by atoms with E-state index in [9.17, 15) is 14.4 Å².